The first-order chi connectivity index (χ1) is 8.76. The van der Waals surface area contributed by atoms with Gasteiger partial charge in [-0.3, -0.25) is 0 Å². The van der Waals surface area contributed by atoms with Crippen molar-refractivity contribution in [2.24, 2.45) is 5.73 Å². The maximum Gasteiger partial charge on any atom is 0.134 e. The Balaban J connectivity index is 2.01. The number of nitrogens with zero attached hydrogens (tertiary/aromatic N) is 1. The molecule has 1 saturated carbocycles. The third kappa shape index (κ3) is 1.88. The summed E-state index contributed by atoms with van der Waals surface area (Å²) in [5, 5.41) is 5.72. The Labute approximate surface area is 106 Å². The second kappa shape index (κ2) is 4.14. The molecule has 0 aliphatic heterocycles. The van der Waals surface area contributed by atoms with Crippen LogP contribution in [0, 0.1) is 0 Å². The van der Waals surface area contributed by atoms with Gasteiger partial charge in [0.2, 0.25) is 0 Å². The summed E-state index contributed by atoms with van der Waals surface area (Å²) >= 11 is 0. The molecule has 18 heavy (non-hydrogen) atoms. The van der Waals surface area contributed by atoms with Crippen molar-refractivity contribution in [3.63, 3.8) is 0 Å². The number of nitrogens with two attached hydrogens (primary N) is 1. The molecule has 0 bridgehead atoms. The lowest BCUT2D eigenvalue weighted by Crippen LogP contribution is -2.31. The summed E-state index contributed by atoms with van der Waals surface area (Å²) in [6.45, 7) is 0.654. The molecule has 94 valence electrons. The molecule has 1 aromatic heterocycles. The lowest BCUT2D eigenvalue weighted by atomic mass is 10.1. The van der Waals surface area contributed by atoms with Crippen molar-refractivity contribution in [1.82, 2.24) is 4.98 Å². The van der Waals surface area contributed by atoms with Gasteiger partial charge in [-0.05, 0) is 42.5 Å². The summed E-state index contributed by atoms with van der Waals surface area (Å²) in [7, 11) is 1.68. The zero-order chi connectivity index (χ0) is 12.6. The van der Waals surface area contributed by atoms with Gasteiger partial charge in [-0.1, -0.05) is 0 Å². The van der Waals surface area contributed by atoms with Gasteiger partial charge >= 0.3 is 0 Å². The Hall–Kier alpha value is -1.81. The first-order valence-electron chi connectivity index (χ1n) is 6.17. The van der Waals surface area contributed by atoms with Crippen LogP contribution in [0.5, 0.6) is 5.75 Å². The van der Waals surface area contributed by atoms with Crippen LogP contribution >= 0.6 is 0 Å². The third-order valence-corrected chi connectivity index (χ3v) is 3.60. The van der Waals surface area contributed by atoms with E-state index in [9.17, 15) is 0 Å². The molecule has 1 fully saturated rings. The number of hydrogen-bond donors (Lipinski definition) is 2. The van der Waals surface area contributed by atoms with Crippen molar-refractivity contribution in [3.8, 4) is 5.75 Å². The summed E-state index contributed by atoms with van der Waals surface area (Å²) in [5.41, 5.74) is 5.87. The molecule has 0 spiro atoms. The molecule has 4 heteroatoms. The topological polar surface area (TPSA) is 60.2 Å². The van der Waals surface area contributed by atoms with Crippen LogP contribution in [-0.2, 0) is 0 Å². The Morgan fingerprint density at radius 3 is 2.89 bits per heavy atom. The van der Waals surface area contributed by atoms with Crippen LogP contribution in [0.15, 0.2) is 30.5 Å². The van der Waals surface area contributed by atoms with Crippen molar-refractivity contribution < 1.29 is 4.74 Å². The summed E-state index contributed by atoms with van der Waals surface area (Å²) in [5.74, 6) is 1.78. The molecule has 2 aromatic rings. The number of anilines is 1. The van der Waals surface area contributed by atoms with Crippen LogP contribution in [0.2, 0.25) is 0 Å². The molecule has 1 aliphatic carbocycles. The third-order valence-electron chi connectivity index (χ3n) is 3.60. The predicted octanol–water partition coefficient (Wildman–Crippen LogP) is 2.15. The first kappa shape index (κ1) is 11.3. The standard InChI is InChI=1S/C14H17N3O/c1-18-11-2-3-12-10(8-11)4-7-16-13(12)17-14(9-15)5-6-14/h2-4,7-8H,5-6,9,15H2,1H3,(H,16,17). The normalized spacial score (nSPS) is 16.6. The largest absolute Gasteiger partial charge is 0.497 e. The van der Waals surface area contributed by atoms with Crippen molar-refractivity contribution >= 4 is 16.6 Å². The molecule has 3 N–H and O–H groups in total. The smallest absolute Gasteiger partial charge is 0.134 e. The highest BCUT2D eigenvalue weighted by Gasteiger charge is 2.41. The number of methoxy groups -OCH3 is 1. The molecule has 0 saturated heterocycles. The van der Waals surface area contributed by atoms with Crippen LogP contribution in [0.25, 0.3) is 10.8 Å². The highest BCUT2D eigenvalue weighted by molar-refractivity contribution is 5.93. The lowest BCUT2D eigenvalue weighted by molar-refractivity contribution is 0.415. The van der Waals surface area contributed by atoms with Gasteiger partial charge in [0.15, 0.2) is 0 Å². The number of fused-ring (bicyclic) bond motifs is 1. The van der Waals surface area contributed by atoms with Crippen LogP contribution in [0.3, 0.4) is 0 Å². The molecule has 3 rings (SSSR count). The Bertz CT molecular complexity index is 578. The average Bonchev–Trinajstić information content (AvgIpc) is 3.19. The van der Waals surface area contributed by atoms with Gasteiger partial charge in [-0.2, -0.15) is 0 Å². The van der Waals surface area contributed by atoms with E-state index in [1.807, 2.05) is 30.5 Å². The highest BCUT2D eigenvalue weighted by Crippen LogP contribution is 2.39. The molecular formula is C14H17N3O. The molecule has 1 aliphatic rings. The van der Waals surface area contributed by atoms with E-state index in [1.165, 1.54) is 0 Å². The highest BCUT2D eigenvalue weighted by atomic mass is 16.5. The fraction of sp³-hybridized carbons (Fsp3) is 0.357. The molecule has 0 atom stereocenters. The minimum Gasteiger partial charge on any atom is -0.497 e. The molecule has 0 radical (unpaired) electrons. The molecule has 0 amide bonds. The van der Waals surface area contributed by atoms with Crippen molar-refractivity contribution in [3.05, 3.63) is 30.5 Å². The van der Waals surface area contributed by atoms with Crippen LogP contribution in [0.1, 0.15) is 12.8 Å². The molecule has 4 nitrogen and oxygen atoms in total. The summed E-state index contributed by atoms with van der Waals surface area (Å²) < 4.78 is 5.24. The van der Waals surface area contributed by atoms with Gasteiger partial charge in [0, 0.05) is 18.1 Å². The number of nitrogens with one attached hydrogen (secondary N) is 1. The average molecular weight is 243 g/mol. The minimum absolute atomic E-state index is 0.0706. The van der Waals surface area contributed by atoms with Gasteiger partial charge in [0.05, 0.1) is 12.6 Å². The van der Waals surface area contributed by atoms with Gasteiger partial charge in [0.1, 0.15) is 11.6 Å². The van der Waals surface area contributed by atoms with E-state index in [0.29, 0.717) is 6.54 Å². The lowest BCUT2D eigenvalue weighted by Gasteiger charge is -2.17. The fourth-order valence-electron chi connectivity index (χ4n) is 2.16. The Kier molecular flexibility index (Phi) is 2.59. The second-order valence-corrected chi connectivity index (χ2v) is 4.86. The van der Waals surface area contributed by atoms with E-state index >= 15 is 0 Å². The van der Waals surface area contributed by atoms with Gasteiger partial charge < -0.3 is 15.8 Å². The number of hydrogen-bond acceptors (Lipinski definition) is 4. The molecule has 1 aromatic carbocycles. The SMILES string of the molecule is COc1ccc2c(NC3(CN)CC3)nccc2c1. The van der Waals surface area contributed by atoms with E-state index < -0.39 is 0 Å². The van der Waals surface area contributed by atoms with Gasteiger partial charge in [-0.25, -0.2) is 4.98 Å². The monoisotopic (exact) mass is 243 g/mol. The number of ether oxygens (including phenoxy) is 1. The first-order valence-corrected chi connectivity index (χ1v) is 6.17. The molecule has 1 heterocycles. The summed E-state index contributed by atoms with van der Waals surface area (Å²) in [6, 6.07) is 8.00. The number of aromatic nitrogens is 1. The Morgan fingerprint density at radius 1 is 1.39 bits per heavy atom. The maximum atomic E-state index is 5.80. The van der Waals surface area contributed by atoms with E-state index in [-0.39, 0.29) is 5.54 Å². The fourth-order valence-corrected chi connectivity index (χ4v) is 2.16. The zero-order valence-corrected chi connectivity index (χ0v) is 10.4. The number of benzene rings is 1. The van der Waals surface area contributed by atoms with Crippen molar-refractivity contribution in [2.75, 3.05) is 19.0 Å². The number of rotatable bonds is 4. The van der Waals surface area contributed by atoms with E-state index in [1.54, 1.807) is 7.11 Å². The van der Waals surface area contributed by atoms with E-state index in [0.717, 1.165) is 35.2 Å². The summed E-state index contributed by atoms with van der Waals surface area (Å²) in [6.07, 6.45) is 4.06. The minimum atomic E-state index is 0.0706. The van der Waals surface area contributed by atoms with Gasteiger partial charge in [-0.15, -0.1) is 0 Å². The van der Waals surface area contributed by atoms with Crippen LogP contribution in [0.4, 0.5) is 5.82 Å². The molecule has 0 unspecified atom stereocenters. The summed E-state index contributed by atoms with van der Waals surface area (Å²) in [4.78, 5) is 4.43. The Morgan fingerprint density at radius 2 is 2.22 bits per heavy atom. The van der Waals surface area contributed by atoms with Crippen molar-refractivity contribution in [1.29, 1.82) is 0 Å². The van der Waals surface area contributed by atoms with E-state index in [4.69, 9.17) is 10.5 Å². The predicted molar refractivity (Wildman–Crippen MR) is 72.9 cm³/mol. The van der Waals surface area contributed by atoms with Crippen LogP contribution in [-0.4, -0.2) is 24.2 Å². The van der Waals surface area contributed by atoms with E-state index in [2.05, 4.69) is 10.3 Å². The zero-order valence-electron chi connectivity index (χ0n) is 10.4. The second-order valence-electron chi connectivity index (χ2n) is 4.86. The van der Waals surface area contributed by atoms with Gasteiger partial charge in [0.25, 0.3) is 0 Å². The van der Waals surface area contributed by atoms with Crippen LogP contribution < -0.4 is 15.8 Å². The maximum absolute atomic E-state index is 5.80. The van der Waals surface area contributed by atoms with Crippen molar-refractivity contribution in [2.45, 2.75) is 18.4 Å². The quantitative estimate of drug-likeness (QED) is 0.863. The number of pyridine rings is 1. The molecular weight excluding hydrogens is 226 g/mol.